The summed E-state index contributed by atoms with van der Waals surface area (Å²) in [6, 6.07) is 8.42. The Labute approximate surface area is 110 Å². The summed E-state index contributed by atoms with van der Waals surface area (Å²) in [5.74, 6) is -1.96. The average Bonchev–Trinajstić information content (AvgIpc) is 2.69. The topological polar surface area (TPSA) is 98.5 Å². The number of fused-ring (bicyclic) bond motifs is 1. The lowest BCUT2D eigenvalue weighted by Crippen LogP contribution is -2.32. The van der Waals surface area contributed by atoms with E-state index in [2.05, 4.69) is 0 Å². The molecule has 0 aliphatic carbocycles. The Morgan fingerprint density at radius 2 is 2.16 bits per heavy atom. The van der Waals surface area contributed by atoms with Crippen LogP contribution in [0.4, 0.5) is 5.69 Å². The van der Waals surface area contributed by atoms with Crippen molar-refractivity contribution in [3.8, 4) is 6.07 Å². The second-order valence-electron chi connectivity index (χ2n) is 4.30. The highest BCUT2D eigenvalue weighted by molar-refractivity contribution is 7.93. The van der Waals surface area contributed by atoms with Crippen molar-refractivity contribution in [2.75, 3.05) is 16.6 Å². The summed E-state index contributed by atoms with van der Waals surface area (Å²) in [5.41, 5.74) is 1.18. The highest BCUT2D eigenvalue weighted by atomic mass is 32.2. The van der Waals surface area contributed by atoms with E-state index >= 15 is 0 Å². The number of benzene rings is 1. The van der Waals surface area contributed by atoms with Gasteiger partial charge in [-0.2, -0.15) is 5.26 Å². The van der Waals surface area contributed by atoms with Crippen molar-refractivity contribution in [3.63, 3.8) is 0 Å². The summed E-state index contributed by atoms with van der Waals surface area (Å²) in [6.07, 6.45) is -0.129. The average molecular weight is 280 g/mol. The molecule has 1 atom stereocenters. The van der Waals surface area contributed by atoms with Gasteiger partial charge in [0.15, 0.2) is 5.75 Å². The number of anilines is 1. The van der Waals surface area contributed by atoms with Gasteiger partial charge in [-0.15, -0.1) is 0 Å². The Bertz CT molecular complexity index is 648. The summed E-state index contributed by atoms with van der Waals surface area (Å²) < 4.78 is 25.1. The van der Waals surface area contributed by atoms with Crippen LogP contribution < -0.4 is 4.31 Å². The van der Waals surface area contributed by atoms with Crippen molar-refractivity contribution in [1.82, 2.24) is 0 Å². The zero-order valence-corrected chi connectivity index (χ0v) is 10.8. The lowest BCUT2D eigenvalue weighted by molar-refractivity contribution is -0.137. The molecule has 1 aliphatic heterocycles. The fourth-order valence-corrected chi connectivity index (χ4v) is 3.46. The van der Waals surface area contributed by atoms with E-state index in [4.69, 9.17) is 10.4 Å². The molecule has 100 valence electrons. The number of rotatable bonds is 4. The van der Waals surface area contributed by atoms with E-state index in [1.807, 2.05) is 0 Å². The third kappa shape index (κ3) is 2.53. The van der Waals surface area contributed by atoms with E-state index in [0.717, 1.165) is 4.31 Å². The van der Waals surface area contributed by atoms with Crippen LogP contribution in [0.15, 0.2) is 24.3 Å². The van der Waals surface area contributed by atoms with Crippen LogP contribution in [-0.2, 0) is 14.8 Å². The van der Waals surface area contributed by atoms with E-state index < -0.39 is 21.7 Å². The van der Waals surface area contributed by atoms with Gasteiger partial charge >= 0.3 is 5.97 Å². The fraction of sp³-hybridized carbons (Fsp3) is 0.333. The molecule has 0 aromatic heterocycles. The summed E-state index contributed by atoms with van der Waals surface area (Å²) >= 11 is 0. The maximum Gasteiger partial charge on any atom is 0.304 e. The van der Waals surface area contributed by atoms with Crippen LogP contribution in [0.5, 0.6) is 0 Å². The number of carboxylic acids is 1. The SMILES string of the molecule is N#CCS(=O)(=O)N1CC(CC(=O)O)c2ccccc21. The molecule has 0 fully saturated rings. The first-order valence-corrected chi connectivity index (χ1v) is 7.24. The normalized spacial score (nSPS) is 17.8. The van der Waals surface area contributed by atoms with Crippen LogP contribution >= 0.6 is 0 Å². The third-order valence-electron chi connectivity index (χ3n) is 3.04. The molecule has 19 heavy (non-hydrogen) atoms. The number of aliphatic carboxylic acids is 1. The summed E-state index contributed by atoms with van der Waals surface area (Å²) in [4.78, 5) is 10.8. The predicted molar refractivity (Wildman–Crippen MR) is 68.2 cm³/mol. The fourth-order valence-electron chi connectivity index (χ4n) is 2.26. The number of carbonyl (C=O) groups is 1. The monoisotopic (exact) mass is 280 g/mol. The van der Waals surface area contributed by atoms with Crippen molar-refractivity contribution in [2.24, 2.45) is 0 Å². The van der Waals surface area contributed by atoms with Crippen molar-refractivity contribution in [1.29, 1.82) is 5.26 Å². The molecule has 2 rings (SSSR count). The van der Waals surface area contributed by atoms with Crippen molar-refractivity contribution in [2.45, 2.75) is 12.3 Å². The molecule has 0 bridgehead atoms. The van der Waals surface area contributed by atoms with E-state index in [0.29, 0.717) is 11.3 Å². The predicted octanol–water partition coefficient (Wildman–Crippen LogP) is 0.918. The standard InChI is InChI=1S/C12H12N2O4S/c13-5-6-19(17,18)14-8-9(7-12(15)16)10-3-1-2-4-11(10)14/h1-4,9H,6-8H2,(H,15,16). The number of para-hydroxylation sites is 1. The number of hydrogen-bond acceptors (Lipinski definition) is 4. The largest absolute Gasteiger partial charge is 0.481 e. The molecule has 0 saturated carbocycles. The maximum atomic E-state index is 12.0. The molecule has 0 spiro atoms. The van der Waals surface area contributed by atoms with Gasteiger partial charge in [0.05, 0.1) is 18.2 Å². The van der Waals surface area contributed by atoms with Crippen molar-refractivity contribution in [3.05, 3.63) is 29.8 Å². The second kappa shape index (κ2) is 4.90. The van der Waals surface area contributed by atoms with Gasteiger partial charge < -0.3 is 5.11 Å². The molecule has 0 saturated heterocycles. The van der Waals surface area contributed by atoms with E-state index in [1.54, 1.807) is 30.3 Å². The molecule has 1 unspecified atom stereocenters. The molecule has 1 aliphatic rings. The van der Waals surface area contributed by atoms with Crippen LogP contribution in [0.2, 0.25) is 0 Å². The van der Waals surface area contributed by atoms with Gasteiger partial charge in [0.25, 0.3) is 0 Å². The van der Waals surface area contributed by atoms with E-state index in [-0.39, 0.29) is 18.9 Å². The Kier molecular flexibility index (Phi) is 3.44. The molecule has 7 heteroatoms. The molecule has 1 aromatic rings. The quantitative estimate of drug-likeness (QED) is 0.884. The minimum Gasteiger partial charge on any atom is -0.481 e. The van der Waals surface area contributed by atoms with Gasteiger partial charge in [-0.1, -0.05) is 18.2 Å². The van der Waals surface area contributed by atoms with Crippen molar-refractivity contribution >= 4 is 21.7 Å². The van der Waals surface area contributed by atoms with Crippen LogP contribution in [0.25, 0.3) is 0 Å². The molecular weight excluding hydrogens is 268 g/mol. The van der Waals surface area contributed by atoms with Crippen LogP contribution in [0, 0.1) is 11.3 Å². The first kappa shape index (κ1) is 13.4. The zero-order chi connectivity index (χ0) is 14.0. The minimum absolute atomic E-state index is 0.0790. The van der Waals surface area contributed by atoms with Gasteiger partial charge in [0.1, 0.15) is 0 Å². The van der Waals surface area contributed by atoms with Gasteiger partial charge in [0, 0.05) is 12.5 Å². The lowest BCUT2D eigenvalue weighted by atomic mass is 9.98. The first-order chi connectivity index (χ1) is 8.95. The molecule has 0 radical (unpaired) electrons. The summed E-state index contributed by atoms with van der Waals surface area (Å²) in [5, 5.41) is 17.4. The minimum atomic E-state index is -3.71. The maximum absolute atomic E-state index is 12.0. The number of nitriles is 1. The number of hydrogen-bond donors (Lipinski definition) is 1. The van der Waals surface area contributed by atoms with Crippen LogP contribution in [-0.4, -0.2) is 31.8 Å². The molecule has 6 nitrogen and oxygen atoms in total. The third-order valence-corrected chi connectivity index (χ3v) is 4.55. The van der Waals surface area contributed by atoms with Crippen LogP contribution in [0.1, 0.15) is 17.9 Å². The Morgan fingerprint density at radius 1 is 1.47 bits per heavy atom. The number of carboxylic acid groups (broad SMARTS) is 1. The lowest BCUT2D eigenvalue weighted by Gasteiger charge is -2.17. The molecule has 1 aromatic carbocycles. The smallest absolute Gasteiger partial charge is 0.304 e. The Balaban J connectivity index is 2.41. The molecular formula is C12H12N2O4S. The highest BCUT2D eigenvalue weighted by Gasteiger charge is 2.36. The van der Waals surface area contributed by atoms with Gasteiger partial charge in [-0.3, -0.25) is 9.10 Å². The van der Waals surface area contributed by atoms with Gasteiger partial charge in [0.2, 0.25) is 10.0 Å². The number of sulfonamides is 1. The van der Waals surface area contributed by atoms with Crippen LogP contribution in [0.3, 0.4) is 0 Å². The number of nitrogens with zero attached hydrogens (tertiary/aromatic N) is 2. The highest BCUT2D eigenvalue weighted by Crippen LogP contribution is 2.39. The van der Waals surface area contributed by atoms with E-state index in [1.165, 1.54) is 0 Å². The molecule has 1 heterocycles. The molecule has 1 N–H and O–H groups in total. The summed E-state index contributed by atoms with van der Waals surface area (Å²) in [7, 11) is -3.71. The first-order valence-electron chi connectivity index (χ1n) is 5.64. The van der Waals surface area contributed by atoms with Gasteiger partial charge in [-0.25, -0.2) is 8.42 Å². The van der Waals surface area contributed by atoms with Gasteiger partial charge in [-0.05, 0) is 11.6 Å². The zero-order valence-electron chi connectivity index (χ0n) is 9.98. The van der Waals surface area contributed by atoms with E-state index in [9.17, 15) is 13.2 Å². The van der Waals surface area contributed by atoms with Crippen molar-refractivity contribution < 1.29 is 18.3 Å². The Hall–Kier alpha value is -2.07. The molecule has 0 amide bonds. The summed E-state index contributed by atoms with van der Waals surface area (Å²) in [6.45, 7) is 0.0790. The Morgan fingerprint density at radius 3 is 2.79 bits per heavy atom. The second-order valence-corrected chi connectivity index (χ2v) is 6.19.